The van der Waals surface area contributed by atoms with Gasteiger partial charge in [-0.3, -0.25) is 9.69 Å². The van der Waals surface area contributed by atoms with Crippen LogP contribution in [0.3, 0.4) is 0 Å². The van der Waals surface area contributed by atoms with Crippen LogP contribution in [0.2, 0.25) is 0 Å². The van der Waals surface area contributed by atoms with Crippen molar-refractivity contribution in [1.82, 2.24) is 9.88 Å². The fourth-order valence-electron chi connectivity index (χ4n) is 3.09. The van der Waals surface area contributed by atoms with Crippen molar-refractivity contribution < 1.29 is 17.9 Å². The molecular weight excluding hydrogens is 470 g/mol. The molecule has 3 aromatic rings. The number of carbonyl (C=O) groups is 1. The van der Waals surface area contributed by atoms with Crippen LogP contribution in [0.15, 0.2) is 53.4 Å². The van der Waals surface area contributed by atoms with Gasteiger partial charge in [0.15, 0.2) is 15.0 Å². The largest absolute Gasteiger partial charge is 0.494 e. The number of rotatable bonds is 10. The quantitative estimate of drug-likeness (QED) is 0.423. The topological polar surface area (TPSA) is 79.8 Å². The van der Waals surface area contributed by atoms with Gasteiger partial charge in [0, 0.05) is 6.54 Å². The molecule has 174 valence electrons. The molecule has 0 aliphatic rings. The van der Waals surface area contributed by atoms with Crippen LogP contribution in [0.25, 0.3) is 10.2 Å². The summed E-state index contributed by atoms with van der Waals surface area (Å²) in [4.78, 5) is 21.4. The second-order valence-corrected chi connectivity index (χ2v) is 10.3. The standard InChI is InChI=1S/C22H27N3O4S2.ClH/c1-4-29-17-11-12-19-20(15-17)30-22(23-19)25(14-8-13-24(2)3)21(26)16-31(27,28)18-9-6-5-7-10-18;/h5-7,9-12,15H,4,8,13-14,16H2,1-3H3;1H. The molecule has 0 spiro atoms. The van der Waals surface area contributed by atoms with Crippen molar-refractivity contribution in [2.75, 3.05) is 44.4 Å². The maximum atomic E-state index is 13.1. The van der Waals surface area contributed by atoms with E-state index in [-0.39, 0.29) is 17.3 Å². The molecule has 0 bridgehead atoms. The van der Waals surface area contributed by atoms with Crippen molar-refractivity contribution in [2.45, 2.75) is 18.2 Å². The smallest absolute Gasteiger partial charge is 0.244 e. The minimum absolute atomic E-state index is 0. The number of carbonyl (C=O) groups excluding carboxylic acids is 1. The third-order valence-electron chi connectivity index (χ3n) is 4.59. The Labute approximate surface area is 199 Å². The Balaban J connectivity index is 0.00000363. The van der Waals surface area contributed by atoms with Gasteiger partial charge in [0.1, 0.15) is 11.5 Å². The number of anilines is 1. The molecule has 0 saturated heterocycles. The van der Waals surface area contributed by atoms with Gasteiger partial charge in [-0.15, -0.1) is 12.4 Å². The lowest BCUT2D eigenvalue weighted by Crippen LogP contribution is -2.37. The minimum atomic E-state index is -3.74. The van der Waals surface area contributed by atoms with Gasteiger partial charge in [-0.25, -0.2) is 13.4 Å². The molecule has 0 unspecified atom stereocenters. The summed E-state index contributed by atoms with van der Waals surface area (Å²) in [7, 11) is 0.172. The summed E-state index contributed by atoms with van der Waals surface area (Å²) in [6, 6.07) is 13.6. The second kappa shape index (κ2) is 11.6. The highest BCUT2D eigenvalue weighted by Crippen LogP contribution is 2.32. The van der Waals surface area contributed by atoms with E-state index >= 15 is 0 Å². The normalized spacial score (nSPS) is 11.4. The molecule has 1 aromatic heterocycles. The lowest BCUT2D eigenvalue weighted by atomic mass is 10.3. The van der Waals surface area contributed by atoms with Gasteiger partial charge in [-0.2, -0.15) is 0 Å². The van der Waals surface area contributed by atoms with E-state index in [1.807, 2.05) is 44.1 Å². The Morgan fingerprint density at radius 1 is 1.09 bits per heavy atom. The van der Waals surface area contributed by atoms with Crippen molar-refractivity contribution in [3.63, 3.8) is 0 Å². The van der Waals surface area contributed by atoms with Crippen molar-refractivity contribution in [1.29, 1.82) is 0 Å². The Bertz CT molecular complexity index is 1130. The Morgan fingerprint density at radius 3 is 2.47 bits per heavy atom. The van der Waals surface area contributed by atoms with Gasteiger partial charge in [-0.1, -0.05) is 29.5 Å². The van der Waals surface area contributed by atoms with E-state index in [1.165, 1.54) is 28.4 Å². The van der Waals surface area contributed by atoms with Crippen molar-refractivity contribution in [3.8, 4) is 5.75 Å². The van der Waals surface area contributed by atoms with Gasteiger partial charge >= 0.3 is 0 Å². The number of hydrogen-bond acceptors (Lipinski definition) is 7. The number of benzene rings is 2. The Hall–Kier alpha value is -2.20. The molecule has 7 nitrogen and oxygen atoms in total. The van der Waals surface area contributed by atoms with E-state index in [2.05, 4.69) is 4.98 Å². The lowest BCUT2D eigenvalue weighted by molar-refractivity contribution is -0.116. The van der Waals surface area contributed by atoms with Crippen LogP contribution in [-0.4, -0.2) is 63.8 Å². The molecule has 32 heavy (non-hydrogen) atoms. The molecule has 2 aromatic carbocycles. The van der Waals surface area contributed by atoms with Gasteiger partial charge in [0.25, 0.3) is 0 Å². The molecule has 0 radical (unpaired) electrons. The summed E-state index contributed by atoms with van der Waals surface area (Å²) >= 11 is 1.36. The van der Waals surface area contributed by atoms with Gasteiger partial charge in [0.05, 0.1) is 21.7 Å². The first kappa shape index (κ1) is 26.1. The number of aromatic nitrogens is 1. The van der Waals surface area contributed by atoms with Gasteiger partial charge in [-0.05, 0) is 64.3 Å². The maximum absolute atomic E-state index is 13.1. The average Bonchev–Trinajstić information content (AvgIpc) is 3.14. The van der Waals surface area contributed by atoms with Crippen LogP contribution in [0.5, 0.6) is 5.75 Å². The fraction of sp³-hybridized carbons (Fsp3) is 0.364. The van der Waals surface area contributed by atoms with Crippen LogP contribution in [0.1, 0.15) is 13.3 Å². The van der Waals surface area contributed by atoms with Crippen molar-refractivity contribution in [2.24, 2.45) is 0 Å². The number of amides is 1. The van der Waals surface area contributed by atoms with E-state index in [1.54, 1.807) is 18.2 Å². The fourth-order valence-corrected chi connectivity index (χ4v) is 5.35. The molecule has 0 aliphatic carbocycles. The number of nitrogens with zero attached hydrogens (tertiary/aromatic N) is 3. The van der Waals surface area contributed by atoms with E-state index in [9.17, 15) is 13.2 Å². The molecule has 0 atom stereocenters. The lowest BCUT2D eigenvalue weighted by Gasteiger charge is -2.21. The van der Waals surface area contributed by atoms with Gasteiger partial charge in [0.2, 0.25) is 5.91 Å². The molecule has 0 aliphatic heterocycles. The van der Waals surface area contributed by atoms with E-state index < -0.39 is 21.5 Å². The maximum Gasteiger partial charge on any atom is 0.244 e. The first-order chi connectivity index (χ1) is 14.8. The van der Waals surface area contributed by atoms with Crippen LogP contribution in [-0.2, 0) is 14.6 Å². The summed E-state index contributed by atoms with van der Waals surface area (Å²) in [6.07, 6.45) is 0.699. The summed E-state index contributed by atoms with van der Waals surface area (Å²) in [5, 5.41) is 0.496. The average molecular weight is 498 g/mol. The Kier molecular flexibility index (Phi) is 9.45. The molecule has 1 heterocycles. The van der Waals surface area contributed by atoms with Crippen LogP contribution in [0, 0.1) is 0 Å². The summed E-state index contributed by atoms with van der Waals surface area (Å²) < 4.78 is 32.0. The summed E-state index contributed by atoms with van der Waals surface area (Å²) in [5.74, 6) is -0.340. The monoisotopic (exact) mass is 497 g/mol. The van der Waals surface area contributed by atoms with Crippen LogP contribution < -0.4 is 9.64 Å². The summed E-state index contributed by atoms with van der Waals surface area (Å²) in [6.45, 7) is 3.64. The summed E-state index contributed by atoms with van der Waals surface area (Å²) in [5.41, 5.74) is 0.750. The molecule has 0 fully saturated rings. The molecule has 3 rings (SSSR count). The predicted octanol–water partition coefficient (Wildman–Crippen LogP) is 3.88. The number of ether oxygens (including phenoxy) is 1. The first-order valence-corrected chi connectivity index (χ1v) is 12.5. The Morgan fingerprint density at radius 2 is 1.81 bits per heavy atom. The van der Waals surface area contributed by atoms with Gasteiger partial charge < -0.3 is 9.64 Å². The molecular formula is C22H28ClN3O4S2. The highest BCUT2D eigenvalue weighted by atomic mass is 35.5. The highest BCUT2D eigenvalue weighted by Gasteiger charge is 2.26. The SMILES string of the molecule is CCOc1ccc2nc(N(CCCN(C)C)C(=O)CS(=O)(=O)c3ccccc3)sc2c1.Cl. The third-order valence-corrected chi connectivity index (χ3v) is 7.25. The van der Waals surface area contributed by atoms with E-state index in [4.69, 9.17) is 4.74 Å². The number of fused-ring (bicyclic) bond motifs is 1. The van der Waals surface area contributed by atoms with E-state index in [0.29, 0.717) is 24.7 Å². The molecule has 0 N–H and O–H groups in total. The minimum Gasteiger partial charge on any atom is -0.494 e. The second-order valence-electron chi connectivity index (χ2n) is 7.33. The first-order valence-electron chi connectivity index (χ1n) is 10.1. The third kappa shape index (κ3) is 6.65. The zero-order valence-corrected chi connectivity index (χ0v) is 20.8. The van der Waals surface area contributed by atoms with E-state index in [0.717, 1.165) is 22.5 Å². The number of halogens is 1. The van der Waals surface area contributed by atoms with Crippen LogP contribution in [0.4, 0.5) is 5.13 Å². The molecule has 0 saturated carbocycles. The molecule has 10 heteroatoms. The zero-order valence-electron chi connectivity index (χ0n) is 18.4. The molecule has 1 amide bonds. The zero-order chi connectivity index (χ0) is 22.4. The van der Waals surface area contributed by atoms with Crippen molar-refractivity contribution >= 4 is 54.8 Å². The number of sulfone groups is 1. The van der Waals surface area contributed by atoms with Crippen molar-refractivity contribution in [3.05, 3.63) is 48.5 Å². The highest BCUT2D eigenvalue weighted by molar-refractivity contribution is 7.92. The number of hydrogen-bond donors (Lipinski definition) is 0. The van der Waals surface area contributed by atoms with Crippen LogP contribution >= 0.6 is 23.7 Å². The predicted molar refractivity (Wildman–Crippen MR) is 132 cm³/mol. The number of thiazole rings is 1.